The average molecular weight is 211 g/mol. The van der Waals surface area contributed by atoms with Crippen LogP contribution in [0.15, 0.2) is 12.3 Å². The second-order valence-corrected chi connectivity index (χ2v) is 3.90. The Balaban J connectivity index is 2.46. The summed E-state index contributed by atoms with van der Waals surface area (Å²) >= 11 is 0. The Kier molecular flexibility index (Phi) is 4.78. The Hall–Kier alpha value is -0.870. The smallest absolute Gasteiger partial charge is 0.0587 e. The van der Waals surface area contributed by atoms with Gasteiger partial charge in [-0.05, 0) is 13.0 Å². The van der Waals surface area contributed by atoms with Crippen LogP contribution in [0.25, 0.3) is 0 Å². The molecular weight excluding hydrogens is 190 g/mol. The molecular formula is C11H21N3O. The van der Waals surface area contributed by atoms with Gasteiger partial charge in [0, 0.05) is 44.6 Å². The Morgan fingerprint density at radius 2 is 2.27 bits per heavy atom. The van der Waals surface area contributed by atoms with Crippen molar-refractivity contribution in [3.8, 4) is 0 Å². The topological polar surface area (TPSA) is 39.1 Å². The highest BCUT2D eigenvalue weighted by atomic mass is 16.5. The molecule has 0 spiro atoms. The molecule has 0 fully saturated rings. The summed E-state index contributed by atoms with van der Waals surface area (Å²) < 4.78 is 6.94. The van der Waals surface area contributed by atoms with Crippen molar-refractivity contribution in [3.05, 3.63) is 18.0 Å². The van der Waals surface area contributed by atoms with Crippen molar-refractivity contribution in [2.24, 2.45) is 7.05 Å². The summed E-state index contributed by atoms with van der Waals surface area (Å²) in [6, 6.07) is 2.50. The fourth-order valence-corrected chi connectivity index (χ4v) is 1.65. The van der Waals surface area contributed by atoms with E-state index in [1.807, 2.05) is 17.9 Å². The molecule has 0 radical (unpaired) electrons. The van der Waals surface area contributed by atoms with E-state index in [0.29, 0.717) is 12.0 Å². The Bertz CT molecular complexity index is 285. The third kappa shape index (κ3) is 3.32. The molecule has 0 aromatic carbocycles. The van der Waals surface area contributed by atoms with Gasteiger partial charge in [0.2, 0.25) is 0 Å². The molecule has 4 nitrogen and oxygen atoms in total. The van der Waals surface area contributed by atoms with E-state index in [2.05, 4.69) is 30.3 Å². The van der Waals surface area contributed by atoms with Crippen molar-refractivity contribution in [2.45, 2.75) is 25.8 Å². The van der Waals surface area contributed by atoms with Gasteiger partial charge >= 0.3 is 0 Å². The van der Waals surface area contributed by atoms with Gasteiger partial charge < -0.3 is 10.1 Å². The third-order valence-corrected chi connectivity index (χ3v) is 2.85. The van der Waals surface area contributed by atoms with Crippen LogP contribution in [0.5, 0.6) is 0 Å². The van der Waals surface area contributed by atoms with Gasteiger partial charge in [0.25, 0.3) is 0 Å². The molecule has 1 N–H and O–H groups in total. The molecule has 1 aromatic rings. The van der Waals surface area contributed by atoms with Crippen LogP contribution in [0, 0.1) is 0 Å². The van der Waals surface area contributed by atoms with Gasteiger partial charge in [-0.15, -0.1) is 0 Å². The average Bonchev–Trinajstić information content (AvgIpc) is 2.63. The molecule has 0 amide bonds. The largest absolute Gasteiger partial charge is 0.383 e. The van der Waals surface area contributed by atoms with E-state index in [-0.39, 0.29) is 0 Å². The van der Waals surface area contributed by atoms with Crippen LogP contribution in [0.3, 0.4) is 0 Å². The fraction of sp³-hybridized carbons (Fsp3) is 0.727. The molecule has 2 atom stereocenters. The van der Waals surface area contributed by atoms with Gasteiger partial charge in [-0.2, -0.15) is 5.10 Å². The molecule has 0 aliphatic carbocycles. The lowest BCUT2D eigenvalue weighted by molar-refractivity contribution is 0.195. The van der Waals surface area contributed by atoms with Gasteiger partial charge in [0.05, 0.1) is 6.61 Å². The Labute approximate surface area is 91.6 Å². The van der Waals surface area contributed by atoms with Gasteiger partial charge in [0.1, 0.15) is 0 Å². The highest BCUT2D eigenvalue weighted by Crippen LogP contribution is 2.17. The van der Waals surface area contributed by atoms with E-state index in [4.69, 9.17) is 4.74 Å². The number of hydrogen-bond donors (Lipinski definition) is 1. The minimum atomic E-state index is 0.426. The van der Waals surface area contributed by atoms with Crippen LogP contribution in [0.1, 0.15) is 25.5 Å². The summed E-state index contributed by atoms with van der Waals surface area (Å²) in [5, 5.41) is 7.61. The maximum Gasteiger partial charge on any atom is 0.0587 e. The summed E-state index contributed by atoms with van der Waals surface area (Å²) in [6.07, 6.45) is 1.84. The lowest BCUT2D eigenvalue weighted by atomic mass is 10.00. The second-order valence-electron chi connectivity index (χ2n) is 3.90. The van der Waals surface area contributed by atoms with E-state index in [1.165, 1.54) is 5.69 Å². The first kappa shape index (κ1) is 12.2. The molecule has 15 heavy (non-hydrogen) atoms. The van der Waals surface area contributed by atoms with E-state index in [0.717, 1.165) is 13.2 Å². The van der Waals surface area contributed by atoms with E-state index < -0.39 is 0 Å². The highest BCUT2D eigenvalue weighted by Gasteiger charge is 2.16. The summed E-state index contributed by atoms with van der Waals surface area (Å²) in [6.45, 7) is 6.04. The molecule has 0 aliphatic rings. The number of aromatic nitrogens is 2. The van der Waals surface area contributed by atoms with Crippen LogP contribution >= 0.6 is 0 Å². The van der Waals surface area contributed by atoms with Crippen molar-refractivity contribution >= 4 is 0 Å². The first-order chi connectivity index (χ1) is 7.16. The summed E-state index contributed by atoms with van der Waals surface area (Å²) in [4.78, 5) is 0. The number of ether oxygens (including phenoxy) is 1. The van der Waals surface area contributed by atoms with Crippen molar-refractivity contribution in [1.82, 2.24) is 15.1 Å². The lowest BCUT2D eigenvalue weighted by Gasteiger charge is -2.21. The van der Waals surface area contributed by atoms with Crippen LogP contribution in [-0.2, 0) is 11.8 Å². The summed E-state index contributed by atoms with van der Waals surface area (Å²) in [5.41, 5.74) is 1.26. The van der Waals surface area contributed by atoms with Gasteiger partial charge in [-0.25, -0.2) is 0 Å². The predicted molar refractivity (Wildman–Crippen MR) is 61.0 cm³/mol. The predicted octanol–water partition coefficient (Wildman–Crippen LogP) is 1.15. The first-order valence-corrected chi connectivity index (χ1v) is 5.37. The van der Waals surface area contributed by atoms with Crippen molar-refractivity contribution in [1.29, 1.82) is 0 Å². The monoisotopic (exact) mass is 211 g/mol. The Morgan fingerprint density at radius 3 is 2.80 bits per heavy atom. The maximum absolute atomic E-state index is 5.01. The quantitative estimate of drug-likeness (QED) is 0.717. The molecule has 0 aliphatic heterocycles. The lowest BCUT2D eigenvalue weighted by Crippen LogP contribution is -2.34. The normalized spacial score (nSPS) is 15.2. The van der Waals surface area contributed by atoms with Crippen molar-refractivity contribution < 1.29 is 4.74 Å². The molecule has 1 aromatic heterocycles. The maximum atomic E-state index is 5.01. The summed E-state index contributed by atoms with van der Waals surface area (Å²) in [7, 11) is 3.70. The van der Waals surface area contributed by atoms with Crippen LogP contribution in [0.2, 0.25) is 0 Å². The zero-order valence-electron chi connectivity index (χ0n) is 10.0. The second kappa shape index (κ2) is 5.88. The number of aryl methyl sites for hydroxylation is 1. The Morgan fingerprint density at radius 1 is 1.53 bits per heavy atom. The summed E-state index contributed by atoms with van der Waals surface area (Å²) in [5.74, 6) is 0.453. The van der Waals surface area contributed by atoms with E-state index in [9.17, 15) is 0 Å². The zero-order chi connectivity index (χ0) is 11.3. The number of methoxy groups -OCH3 is 1. The van der Waals surface area contributed by atoms with Gasteiger partial charge in [-0.1, -0.05) is 6.92 Å². The van der Waals surface area contributed by atoms with Crippen LogP contribution in [0.4, 0.5) is 0 Å². The molecule has 1 rings (SSSR count). The zero-order valence-corrected chi connectivity index (χ0v) is 10.0. The minimum absolute atomic E-state index is 0.426. The van der Waals surface area contributed by atoms with Crippen LogP contribution < -0.4 is 5.32 Å². The number of rotatable bonds is 6. The SMILES string of the molecule is COCCNC(C)C(C)c1ccnn1C. The molecule has 86 valence electrons. The van der Waals surface area contributed by atoms with Crippen LogP contribution in [-0.4, -0.2) is 36.1 Å². The van der Waals surface area contributed by atoms with Crippen molar-refractivity contribution in [2.75, 3.05) is 20.3 Å². The fourth-order valence-electron chi connectivity index (χ4n) is 1.65. The van der Waals surface area contributed by atoms with Crippen molar-refractivity contribution in [3.63, 3.8) is 0 Å². The molecule has 2 unspecified atom stereocenters. The molecule has 0 bridgehead atoms. The number of nitrogens with one attached hydrogen (secondary N) is 1. The first-order valence-electron chi connectivity index (χ1n) is 5.37. The standard InChI is InChI=1S/C11H21N3O/c1-9(10(2)12-7-8-15-4)11-5-6-13-14(11)3/h5-6,9-10,12H,7-8H2,1-4H3. The molecule has 1 heterocycles. The van der Waals surface area contributed by atoms with Gasteiger partial charge in [-0.3, -0.25) is 4.68 Å². The minimum Gasteiger partial charge on any atom is -0.383 e. The number of hydrogen-bond acceptors (Lipinski definition) is 3. The number of nitrogens with zero attached hydrogens (tertiary/aromatic N) is 2. The van der Waals surface area contributed by atoms with E-state index in [1.54, 1.807) is 7.11 Å². The highest BCUT2D eigenvalue weighted by molar-refractivity contribution is 5.08. The van der Waals surface area contributed by atoms with Gasteiger partial charge in [0.15, 0.2) is 0 Å². The molecule has 4 heteroatoms. The molecule has 0 saturated carbocycles. The molecule has 0 saturated heterocycles. The van der Waals surface area contributed by atoms with E-state index >= 15 is 0 Å². The third-order valence-electron chi connectivity index (χ3n) is 2.85.